The first kappa shape index (κ1) is 13.3. The standard InChI is InChI=1S/C11H12N4O3S/c1-6-8(10(16)17)9(14-11(18)13-6)19-5-7-3-12-15(2)4-7/h3-4H,5H2,1-2H3,(H,16,17)(H,13,14,18). The zero-order valence-corrected chi connectivity index (χ0v) is 11.2. The number of aryl methyl sites for hydroxylation is 2. The van der Waals surface area contributed by atoms with Gasteiger partial charge >= 0.3 is 11.7 Å². The van der Waals surface area contributed by atoms with Crippen molar-refractivity contribution in [3.8, 4) is 0 Å². The molecule has 2 aromatic rings. The Kier molecular flexibility index (Phi) is 3.70. The van der Waals surface area contributed by atoms with E-state index in [1.807, 2.05) is 6.20 Å². The first-order valence-electron chi connectivity index (χ1n) is 5.42. The van der Waals surface area contributed by atoms with Crippen LogP contribution in [0.1, 0.15) is 21.6 Å². The third-order valence-corrected chi connectivity index (χ3v) is 3.48. The Bertz CT molecular complexity index is 677. The SMILES string of the molecule is Cc1[nH]c(=O)nc(SCc2cnn(C)c2)c1C(=O)O. The molecule has 0 fully saturated rings. The molecule has 0 amide bonds. The Morgan fingerprint density at radius 1 is 1.58 bits per heavy atom. The van der Waals surface area contributed by atoms with Crippen molar-refractivity contribution < 1.29 is 9.90 Å². The monoisotopic (exact) mass is 280 g/mol. The van der Waals surface area contributed by atoms with E-state index >= 15 is 0 Å². The fourth-order valence-electron chi connectivity index (χ4n) is 1.61. The van der Waals surface area contributed by atoms with Gasteiger partial charge in [0.25, 0.3) is 0 Å². The van der Waals surface area contributed by atoms with Crippen LogP contribution in [0.5, 0.6) is 0 Å². The van der Waals surface area contributed by atoms with E-state index in [1.165, 1.54) is 11.8 Å². The zero-order valence-electron chi connectivity index (χ0n) is 10.4. The molecule has 7 nitrogen and oxygen atoms in total. The largest absolute Gasteiger partial charge is 0.478 e. The zero-order chi connectivity index (χ0) is 14.0. The van der Waals surface area contributed by atoms with Crippen molar-refractivity contribution in [2.45, 2.75) is 17.7 Å². The van der Waals surface area contributed by atoms with Crippen LogP contribution < -0.4 is 5.69 Å². The van der Waals surface area contributed by atoms with Crippen LogP contribution >= 0.6 is 11.8 Å². The first-order chi connectivity index (χ1) is 8.97. The normalized spacial score (nSPS) is 10.6. The molecule has 0 aliphatic heterocycles. The molecule has 8 heteroatoms. The first-order valence-corrected chi connectivity index (χ1v) is 6.40. The quantitative estimate of drug-likeness (QED) is 0.634. The molecular weight excluding hydrogens is 268 g/mol. The van der Waals surface area contributed by atoms with Crippen LogP contribution in [0.2, 0.25) is 0 Å². The number of carboxylic acids is 1. The highest BCUT2D eigenvalue weighted by Crippen LogP contribution is 2.24. The topological polar surface area (TPSA) is 101 Å². The second-order valence-corrected chi connectivity index (χ2v) is 4.93. The maximum absolute atomic E-state index is 11.3. The summed E-state index contributed by atoms with van der Waals surface area (Å²) >= 11 is 1.20. The van der Waals surface area contributed by atoms with Crippen molar-refractivity contribution >= 4 is 17.7 Å². The molecule has 0 aliphatic carbocycles. The fourth-order valence-corrected chi connectivity index (χ4v) is 2.60. The van der Waals surface area contributed by atoms with Gasteiger partial charge in [-0.15, -0.1) is 11.8 Å². The molecule has 0 aliphatic rings. The summed E-state index contributed by atoms with van der Waals surface area (Å²) in [6.45, 7) is 1.54. The second-order valence-electron chi connectivity index (χ2n) is 3.96. The second kappa shape index (κ2) is 5.27. The lowest BCUT2D eigenvalue weighted by Crippen LogP contribution is -2.18. The Labute approximate surface area is 112 Å². The fraction of sp³-hybridized carbons (Fsp3) is 0.273. The summed E-state index contributed by atoms with van der Waals surface area (Å²) < 4.78 is 1.66. The highest BCUT2D eigenvalue weighted by Gasteiger charge is 2.17. The van der Waals surface area contributed by atoms with Crippen LogP contribution in [-0.4, -0.2) is 30.8 Å². The summed E-state index contributed by atoms with van der Waals surface area (Å²) in [6.07, 6.45) is 3.51. The molecule has 0 saturated heterocycles. The maximum Gasteiger partial charge on any atom is 0.346 e. The summed E-state index contributed by atoms with van der Waals surface area (Å²) in [6, 6.07) is 0. The van der Waals surface area contributed by atoms with Gasteiger partial charge in [0.15, 0.2) is 0 Å². The number of hydrogen-bond donors (Lipinski definition) is 2. The van der Waals surface area contributed by atoms with Gasteiger partial charge in [-0.2, -0.15) is 10.1 Å². The molecule has 0 unspecified atom stereocenters. The molecule has 2 rings (SSSR count). The van der Waals surface area contributed by atoms with Gasteiger partial charge in [0.1, 0.15) is 10.6 Å². The smallest absolute Gasteiger partial charge is 0.346 e. The van der Waals surface area contributed by atoms with Gasteiger partial charge in [-0.05, 0) is 6.92 Å². The van der Waals surface area contributed by atoms with Crippen molar-refractivity contribution in [3.63, 3.8) is 0 Å². The molecule has 100 valence electrons. The molecule has 2 N–H and O–H groups in total. The third-order valence-electron chi connectivity index (χ3n) is 2.43. The number of carbonyl (C=O) groups is 1. The van der Waals surface area contributed by atoms with E-state index < -0.39 is 11.7 Å². The van der Waals surface area contributed by atoms with E-state index in [9.17, 15) is 9.59 Å². The van der Waals surface area contributed by atoms with Crippen molar-refractivity contribution in [1.29, 1.82) is 0 Å². The van der Waals surface area contributed by atoms with Crippen molar-refractivity contribution in [2.75, 3.05) is 0 Å². The summed E-state index contributed by atoms with van der Waals surface area (Å²) in [7, 11) is 1.80. The predicted octanol–water partition coefficient (Wildman–Crippen LogP) is 0.802. The van der Waals surface area contributed by atoms with Crippen molar-refractivity contribution in [1.82, 2.24) is 19.7 Å². The Balaban J connectivity index is 2.28. The van der Waals surface area contributed by atoms with Crippen LogP contribution in [0, 0.1) is 6.92 Å². The maximum atomic E-state index is 11.3. The third kappa shape index (κ3) is 3.02. The van der Waals surface area contributed by atoms with Gasteiger partial charge in [-0.3, -0.25) is 4.68 Å². The molecule has 0 radical (unpaired) electrons. The minimum atomic E-state index is -1.10. The number of nitrogens with zero attached hydrogens (tertiary/aromatic N) is 3. The molecule has 0 spiro atoms. The summed E-state index contributed by atoms with van der Waals surface area (Å²) in [5.41, 5.74) is 0.731. The average Bonchev–Trinajstić information content (AvgIpc) is 2.71. The van der Waals surface area contributed by atoms with Gasteiger partial charge in [-0.25, -0.2) is 9.59 Å². The lowest BCUT2D eigenvalue weighted by Gasteiger charge is -2.05. The summed E-state index contributed by atoms with van der Waals surface area (Å²) in [4.78, 5) is 28.6. The molecule has 2 aromatic heterocycles. The molecule has 0 atom stereocenters. The van der Waals surface area contributed by atoms with E-state index in [1.54, 1.807) is 24.9 Å². The van der Waals surface area contributed by atoms with Crippen LogP contribution in [-0.2, 0) is 12.8 Å². The number of aromatic nitrogens is 4. The van der Waals surface area contributed by atoms with E-state index in [0.717, 1.165) is 5.56 Å². The number of hydrogen-bond acceptors (Lipinski definition) is 5. The summed E-state index contributed by atoms with van der Waals surface area (Å²) in [5.74, 6) is -0.598. The van der Waals surface area contributed by atoms with Crippen LogP contribution in [0.15, 0.2) is 22.2 Å². The average molecular weight is 280 g/mol. The minimum Gasteiger partial charge on any atom is -0.478 e. The molecule has 2 heterocycles. The molecule has 0 saturated carbocycles. The van der Waals surface area contributed by atoms with Gasteiger partial charge < -0.3 is 10.1 Å². The lowest BCUT2D eigenvalue weighted by atomic mass is 10.2. The Morgan fingerprint density at radius 3 is 2.89 bits per heavy atom. The minimum absolute atomic E-state index is 0.0356. The molecular formula is C11H12N4O3S. The van der Waals surface area contributed by atoms with Crippen LogP contribution in [0.3, 0.4) is 0 Å². The Hall–Kier alpha value is -2.09. The van der Waals surface area contributed by atoms with Crippen LogP contribution in [0.4, 0.5) is 0 Å². The number of carboxylic acid groups (broad SMARTS) is 1. The number of nitrogens with one attached hydrogen (secondary N) is 1. The highest BCUT2D eigenvalue weighted by atomic mass is 32.2. The number of H-pyrrole nitrogens is 1. The number of aromatic amines is 1. The molecule has 19 heavy (non-hydrogen) atoms. The van der Waals surface area contributed by atoms with Gasteiger partial charge in [0, 0.05) is 30.3 Å². The van der Waals surface area contributed by atoms with Crippen molar-refractivity contribution in [2.24, 2.45) is 7.05 Å². The van der Waals surface area contributed by atoms with E-state index in [0.29, 0.717) is 11.4 Å². The van der Waals surface area contributed by atoms with Gasteiger partial charge in [0.05, 0.1) is 6.20 Å². The van der Waals surface area contributed by atoms with E-state index in [-0.39, 0.29) is 10.6 Å². The Morgan fingerprint density at radius 2 is 2.32 bits per heavy atom. The summed E-state index contributed by atoms with van der Waals surface area (Å²) in [5, 5.41) is 13.4. The molecule has 0 bridgehead atoms. The predicted molar refractivity (Wildman–Crippen MR) is 69.3 cm³/mol. The molecule has 0 aromatic carbocycles. The van der Waals surface area contributed by atoms with E-state index in [4.69, 9.17) is 5.11 Å². The number of thioether (sulfide) groups is 1. The van der Waals surface area contributed by atoms with Crippen molar-refractivity contribution in [3.05, 3.63) is 39.7 Å². The lowest BCUT2D eigenvalue weighted by molar-refractivity contribution is 0.0690. The number of aromatic carboxylic acids is 1. The van der Waals surface area contributed by atoms with E-state index in [2.05, 4.69) is 15.1 Å². The highest BCUT2D eigenvalue weighted by molar-refractivity contribution is 7.98. The van der Waals surface area contributed by atoms with Gasteiger partial charge in [0.2, 0.25) is 0 Å². The number of rotatable bonds is 4. The van der Waals surface area contributed by atoms with Crippen LogP contribution in [0.25, 0.3) is 0 Å². The van der Waals surface area contributed by atoms with Gasteiger partial charge in [-0.1, -0.05) is 0 Å².